The Balaban J connectivity index is 2.32. The molecule has 0 bridgehead atoms. The molecule has 0 amide bonds. The average molecular weight is 481 g/mol. The first-order valence-electron chi connectivity index (χ1n) is 10.6. The summed E-state index contributed by atoms with van der Waals surface area (Å²) >= 11 is 0. The number of aliphatic hydroxyl groups is 1. The molecule has 8 heteroatoms. The highest BCUT2D eigenvalue weighted by molar-refractivity contribution is 7.42. The zero-order valence-corrected chi connectivity index (χ0v) is 19.7. The molecule has 3 rings (SSSR count). The maximum Gasteiger partial charge on any atom is 0.335 e. The van der Waals surface area contributed by atoms with Crippen molar-refractivity contribution in [1.29, 1.82) is 0 Å². The number of benzene rings is 2. The molecule has 3 atom stereocenters. The third-order valence-corrected chi connectivity index (χ3v) is 6.82. The van der Waals surface area contributed by atoms with Gasteiger partial charge in [0, 0.05) is 17.9 Å². The minimum Gasteiger partial charge on any atom is -0.480 e. The smallest absolute Gasteiger partial charge is 0.335 e. The number of carboxylic acids is 1. The van der Waals surface area contributed by atoms with Crippen LogP contribution in [0.5, 0.6) is 0 Å². The van der Waals surface area contributed by atoms with E-state index in [1.165, 1.54) is 18.2 Å². The molecule has 0 aliphatic carbocycles. The molecule has 3 aromatic rings. The quantitative estimate of drug-likeness (QED) is 0.344. The number of aliphatic carboxylic acids is 1. The molecular formula is C26H25FNO5P. The molecule has 0 aliphatic heterocycles. The van der Waals surface area contributed by atoms with Crippen LogP contribution in [0, 0.1) is 23.6 Å². The summed E-state index contributed by atoms with van der Waals surface area (Å²) in [4.78, 5) is 27.5. The highest BCUT2D eigenvalue weighted by Crippen LogP contribution is 2.50. The molecule has 1 heterocycles. The number of carbonyl (C=O) groups is 1. The predicted octanol–water partition coefficient (Wildman–Crippen LogP) is 4.27. The number of rotatable bonds is 7. The van der Waals surface area contributed by atoms with Gasteiger partial charge in [-0.1, -0.05) is 74.2 Å². The molecule has 3 unspecified atom stereocenters. The van der Waals surface area contributed by atoms with Gasteiger partial charge in [-0.2, -0.15) is 0 Å². The molecule has 0 spiro atoms. The van der Waals surface area contributed by atoms with E-state index in [0.717, 1.165) is 12.1 Å². The summed E-state index contributed by atoms with van der Waals surface area (Å²) in [5.74, 6) is 2.48. The van der Waals surface area contributed by atoms with Gasteiger partial charge in [0.05, 0.1) is 11.4 Å². The fraction of sp³-hybridized carbons (Fsp3) is 0.231. The third kappa shape index (κ3) is 4.95. The molecule has 0 saturated heterocycles. The van der Waals surface area contributed by atoms with E-state index in [2.05, 4.69) is 16.8 Å². The molecule has 0 fully saturated rings. The van der Waals surface area contributed by atoms with Crippen LogP contribution in [0.1, 0.15) is 25.1 Å². The molecule has 3 N–H and O–H groups in total. The Labute approximate surface area is 198 Å². The summed E-state index contributed by atoms with van der Waals surface area (Å²) in [7, 11) is -4.02. The summed E-state index contributed by atoms with van der Waals surface area (Å²) in [5.41, 5.74) is -1.17. The van der Waals surface area contributed by atoms with E-state index < -0.39 is 37.0 Å². The fourth-order valence-corrected chi connectivity index (χ4v) is 4.59. The minimum absolute atomic E-state index is 0.133. The minimum atomic E-state index is -4.02. The van der Waals surface area contributed by atoms with E-state index >= 15 is 0 Å². The summed E-state index contributed by atoms with van der Waals surface area (Å²) in [6.07, 6.45) is -0.436. The summed E-state index contributed by atoms with van der Waals surface area (Å²) in [6, 6.07) is 18.7. The number of hydrogen-bond donors (Lipinski definition) is 3. The number of carboxylic acid groups (broad SMARTS) is 1. The standard InChI is InChI=1S/C26H25FNO5P/c1-18(2)15-16-26(24(29)30,34(32)33)25(31,17-19-11-13-21(27)14-12-19)23-10-6-9-22(28-23)20-7-4-3-5-8-20/h3-14,18,31,34H,17H2,1-2H3,(H,29,30)(H,32,33). The van der Waals surface area contributed by atoms with Crippen LogP contribution in [0.25, 0.3) is 11.3 Å². The zero-order valence-electron chi connectivity index (χ0n) is 18.7. The molecule has 0 saturated carbocycles. The number of aromatic nitrogens is 1. The van der Waals surface area contributed by atoms with Crippen LogP contribution in [0.15, 0.2) is 72.8 Å². The van der Waals surface area contributed by atoms with Crippen molar-refractivity contribution in [3.63, 3.8) is 0 Å². The van der Waals surface area contributed by atoms with Crippen LogP contribution in [0.3, 0.4) is 0 Å². The lowest BCUT2D eigenvalue weighted by molar-refractivity contribution is -0.146. The van der Waals surface area contributed by atoms with Crippen molar-refractivity contribution in [3.8, 4) is 23.1 Å². The SMILES string of the molecule is CC(C)C#CC(C(=O)O)([PH](=O)O)C(O)(Cc1ccc(F)cc1)c1cccc(-c2ccccc2)n1. The maximum absolute atomic E-state index is 13.5. The number of pyridine rings is 1. The van der Waals surface area contributed by atoms with Gasteiger partial charge in [0.1, 0.15) is 11.4 Å². The summed E-state index contributed by atoms with van der Waals surface area (Å²) in [5, 5.41) is 19.5. The molecular weight excluding hydrogens is 456 g/mol. The second-order valence-electron chi connectivity index (χ2n) is 8.22. The monoisotopic (exact) mass is 481 g/mol. The second kappa shape index (κ2) is 10.3. The van der Waals surface area contributed by atoms with E-state index in [9.17, 15) is 28.9 Å². The summed E-state index contributed by atoms with van der Waals surface area (Å²) < 4.78 is 26.3. The van der Waals surface area contributed by atoms with Gasteiger partial charge in [-0.15, -0.1) is 0 Å². The Hall–Kier alpha value is -3.30. The van der Waals surface area contributed by atoms with Crippen LogP contribution in [-0.4, -0.2) is 31.2 Å². The van der Waals surface area contributed by atoms with Gasteiger partial charge in [0.25, 0.3) is 0 Å². The van der Waals surface area contributed by atoms with Crippen molar-refractivity contribution in [1.82, 2.24) is 4.98 Å². The molecule has 0 radical (unpaired) electrons. The van der Waals surface area contributed by atoms with E-state index in [4.69, 9.17) is 0 Å². The molecule has 0 aliphatic rings. The van der Waals surface area contributed by atoms with Gasteiger partial charge in [-0.25, -0.2) is 14.2 Å². The van der Waals surface area contributed by atoms with Crippen molar-refractivity contribution in [2.75, 3.05) is 0 Å². The normalized spacial score (nSPS) is 15.5. The number of hydrogen-bond acceptors (Lipinski definition) is 4. The van der Waals surface area contributed by atoms with Crippen LogP contribution in [0.2, 0.25) is 0 Å². The first-order valence-corrected chi connectivity index (χ1v) is 11.9. The first-order chi connectivity index (χ1) is 16.1. The number of nitrogens with zero attached hydrogens (tertiary/aromatic N) is 1. The van der Waals surface area contributed by atoms with Crippen molar-refractivity contribution < 1.29 is 28.9 Å². The lowest BCUT2D eigenvalue weighted by Crippen LogP contribution is -2.55. The Morgan fingerprint density at radius 1 is 1.06 bits per heavy atom. The van der Waals surface area contributed by atoms with E-state index in [1.807, 2.05) is 6.07 Å². The van der Waals surface area contributed by atoms with Crippen molar-refractivity contribution in [2.24, 2.45) is 5.92 Å². The van der Waals surface area contributed by atoms with Crippen molar-refractivity contribution in [3.05, 3.63) is 89.9 Å². The van der Waals surface area contributed by atoms with Gasteiger partial charge in [0.15, 0.2) is 0 Å². The summed E-state index contributed by atoms with van der Waals surface area (Å²) in [6.45, 7) is 3.39. The van der Waals surface area contributed by atoms with E-state index in [1.54, 1.807) is 50.2 Å². The Bertz CT molecular complexity index is 1240. The van der Waals surface area contributed by atoms with Crippen LogP contribution >= 0.6 is 8.03 Å². The molecule has 6 nitrogen and oxygen atoms in total. The van der Waals surface area contributed by atoms with Gasteiger partial charge in [-0.3, -0.25) is 4.57 Å². The average Bonchev–Trinajstić information content (AvgIpc) is 2.81. The van der Waals surface area contributed by atoms with Crippen LogP contribution in [0.4, 0.5) is 4.39 Å². The van der Waals surface area contributed by atoms with Gasteiger partial charge in [0.2, 0.25) is 13.2 Å². The molecule has 34 heavy (non-hydrogen) atoms. The fourth-order valence-electron chi connectivity index (χ4n) is 3.66. The Kier molecular flexibility index (Phi) is 7.68. The van der Waals surface area contributed by atoms with Crippen LogP contribution in [-0.2, 0) is 21.4 Å². The highest BCUT2D eigenvalue weighted by atomic mass is 31.1. The Morgan fingerprint density at radius 2 is 1.71 bits per heavy atom. The van der Waals surface area contributed by atoms with Crippen molar-refractivity contribution >= 4 is 14.0 Å². The van der Waals surface area contributed by atoms with Gasteiger partial charge < -0.3 is 15.1 Å². The predicted molar refractivity (Wildman–Crippen MR) is 128 cm³/mol. The topological polar surface area (TPSA) is 108 Å². The third-order valence-electron chi connectivity index (χ3n) is 5.43. The van der Waals surface area contributed by atoms with Gasteiger partial charge in [-0.05, 0) is 29.8 Å². The second-order valence-corrected chi connectivity index (χ2v) is 9.58. The van der Waals surface area contributed by atoms with E-state index in [-0.39, 0.29) is 11.6 Å². The number of halogens is 1. The molecule has 2 aromatic carbocycles. The lowest BCUT2D eigenvalue weighted by atomic mass is 9.78. The van der Waals surface area contributed by atoms with E-state index in [0.29, 0.717) is 16.8 Å². The molecule has 1 aromatic heterocycles. The lowest BCUT2D eigenvalue weighted by Gasteiger charge is -2.39. The van der Waals surface area contributed by atoms with Gasteiger partial charge >= 0.3 is 5.97 Å². The first kappa shape index (κ1) is 25.3. The zero-order chi connectivity index (χ0) is 24.9. The highest BCUT2D eigenvalue weighted by Gasteiger charge is 2.61. The largest absolute Gasteiger partial charge is 0.480 e. The maximum atomic E-state index is 13.5. The van der Waals surface area contributed by atoms with Crippen LogP contribution < -0.4 is 0 Å². The Morgan fingerprint density at radius 3 is 2.26 bits per heavy atom. The molecule has 176 valence electrons. The van der Waals surface area contributed by atoms with Crippen molar-refractivity contribution in [2.45, 2.75) is 31.0 Å².